The van der Waals surface area contributed by atoms with Crippen LogP contribution < -0.4 is 5.32 Å². The summed E-state index contributed by atoms with van der Waals surface area (Å²) in [6, 6.07) is 5.15. The molecule has 0 aliphatic rings. The summed E-state index contributed by atoms with van der Waals surface area (Å²) in [7, 11) is 0. The van der Waals surface area contributed by atoms with Crippen LogP contribution in [0.15, 0.2) is 18.2 Å². The Hall–Kier alpha value is -1.75. The normalized spacial score (nSPS) is 11.0. The van der Waals surface area contributed by atoms with Gasteiger partial charge in [0.05, 0.1) is 0 Å². The van der Waals surface area contributed by atoms with Crippen LogP contribution in [0.5, 0.6) is 5.75 Å². The quantitative estimate of drug-likeness (QED) is 0.722. The number of carbonyl (C=O) groups is 1. The highest BCUT2D eigenvalue weighted by atomic mass is 16.5. The van der Waals surface area contributed by atoms with Crippen molar-refractivity contribution < 1.29 is 14.6 Å². The van der Waals surface area contributed by atoms with E-state index in [-0.39, 0.29) is 17.4 Å². The second kappa shape index (κ2) is 8.52. The maximum Gasteiger partial charge on any atom is 0.341 e. The number of likely N-dealkylation sites (N-methyl/N-ethyl adjacent to an activating group) is 1. The summed E-state index contributed by atoms with van der Waals surface area (Å²) in [6.45, 7) is 11.0. The van der Waals surface area contributed by atoms with Crippen LogP contribution in [-0.4, -0.2) is 48.3 Å². The number of aromatic hydroxyl groups is 1. The summed E-state index contributed by atoms with van der Waals surface area (Å²) in [5.41, 5.74) is 0.978. The Kier molecular flexibility index (Phi) is 7.02. The van der Waals surface area contributed by atoms with Gasteiger partial charge in [-0.3, -0.25) is 0 Å². The van der Waals surface area contributed by atoms with Gasteiger partial charge in [-0.1, -0.05) is 13.8 Å². The first-order valence-electron chi connectivity index (χ1n) is 7.46. The maximum atomic E-state index is 11.9. The van der Waals surface area contributed by atoms with E-state index in [1.54, 1.807) is 18.2 Å². The van der Waals surface area contributed by atoms with Gasteiger partial charge in [-0.15, -0.1) is 0 Å². The number of benzene rings is 1. The Balaban J connectivity index is 2.58. The molecule has 5 heteroatoms. The predicted octanol–water partition coefficient (Wildman–Crippen LogP) is 2.71. The lowest BCUT2D eigenvalue weighted by atomic mass is 10.1. The Morgan fingerprint density at radius 2 is 2.00 bits per heavy atom. The molecule has 2 N–H and O–H groups in total. The van der Waals surface area contributed by atoms with Crippen molar-refractivity contribution in [1.29, 1.82) is 0 Å². The van der Waals surface area contributed by atoms with Gasteiger partial charge in [-0.2, -0.15) is 0 Å². The fourth-order valence-corrected chi connectivity index (χ4v) is 2.01. The van der Waals surface area contributed by atoms with Gasteiger partial charge < -0.3 is 20.1 Å². The van der Waals surface area contributed by atoms with Crippen molar-refractivity contribution >= 4 is 11.7 Å². The summed E-state index contributed by atoms with van der Waals surface area (Å²) in [6.07, 6.45) is 0. The molecule has 1 aromatic rings. The van der Waals surface area contributed by atoms with Crippen LogP contribution in [-0.2, 0) is 4.74 Å². The molecule has 0 aliphatic carbocycles. The van der Waals surface area contributed by atoms with Crippen molar-refractivity contribution in [3.05, 3.63) is 23.8 Å². The van der Waals surface area contributed by atoms with Crippen molar-refractivity contribution in [2.24, 2.45) is 0 Å². The highest BCUT2D eigenvalue weighted by Crippen LogP contribution is 2.23. The molecular formula is C16H26N2O3. The minimum atomic E-state index is -0.490. The Morgan fingerprint density at radius 1 is 1.33 bits per heavy atom. The van der Waals surface area contributed by atoms with Crippen LogP contribution in [0.3, 0.4) is 0 Å². The minimum absolute atomic E-state index is 0.0616. The van der Waals surface area contributed by atoms with Crippen LogP contribution in [0.2, 0.25) is 0 Å². The van der Waals surface area contributed by atoms with Gasteiger partial charge in [-0.05, 0) is 39.1 Å². The molecule has 0 aromatic heterocycles. The highest BCUT2D eigenvalue weighted by molar-refractivity contribution is 5.93. The number of hydrogen-bond acceptors (Lipinski definition) is 5. The first-order chi connectivity index (χ1) is 9.97. The second-order valence-electron chi connectivity index (χ2n) is 5.19. The van der Waals surface area contributed by atoms with E-state index in [0.29, 0.717) is 13.2 Å². The van der Waals surface area contributed by atoms with E-state index >= 15 is 0 Å². The summed E-state index contributed by atoms with van der Waals surface area (Å²) < 4.78 is 5.20. The Morgan fingerprint density at radius 3 is 2.52 bits per heavy atom. The molecule has 0 atom stereocenters. The average Bonchev–Trinajstić information content (AvgIpc) is 2.43. The van der Waals surface area contributed by atoms with Crippen LogP contribution in [0.25, 0.3) is 0 Å². The van der Waals surface area contributed by atoms with Gasteiger partial charge in [0.15, 0.2) is 0 Å². The summed E-state index contributed by atoms with van der Waals surface area (Å²) in [5.74, 6) is -0.552. The third-order valence-corrected chi connectivity index (χ3v) is 3.21. The molecule has 0 bridgehead atoms. The fraction of sp³-hybridized carbons (Fsp3) is 0.562. The molecule has 0 unspecified atom stereocenters. The van der Waals surface area contributed by atoms with Gasteiger partial charge in [0.1, 0.15) is 17.9 Å². The van der Waals surface area contributed by atoms with Crippen molar-refractivity contribution in [1.82, 2.24) is 4.90 Å². The number of nitrogens with one attached hydrogen (secondary N) is 1. The average molecular weight is 294 g/mol. The highest BCUT2D eigenvalue weighted by Gasteiger charge is 2.13. The molecule has 0 radical (unpaired) electrons. The monoisotopic (exact) mass is 294 g/mol. The number of rotatable bonds is 8. The molecule has 0 aliphatic heterocycles. The number of hydrogen-bond donors (Lipinski definition) is 2. The zero-order valence-corrected chi connectivity index (χ0v) is 13.3. The summed E-state index contributed by atoms with van der Waals surface area (Å²) in [4.78, 5) is 14.1. The van der Waals surface area contributed by atoms with E-state index in [1.807, 2.05) is 13.8 Å². The van der Waals surface area contributed by atoms with E-state index < -0.39 is 5.97 Å². The van der Waals surface area contributed by atoms with Gasteiger partial charge in [0, 0.05) is 24.3 Å². The van der Waals surface area contributed by atoms with Gasteiger partial charge in [0.25, 0.3) is 0 Å². The van der Waals surface area contributed by atoms with Crippen LogP contribution in [0.4, 0.5) is 5.69 Å². The molecule has 5 nitrogen and oxygen atoms in total. The molecule has 0 fully saturated rings. The topological polar surface area (TPSA) is 61.8 Å². The minimum Gasteiger partial charge on any atom is -0.507 e. The fourth-order valence-electron chi connectivity index (χ4n) is 2.01. The van der Waals surface area contributed by atoms with E-state index in [1.165, 1.54) is 0 Å². The first-order valence-corrected chi connectivity index (χ1v) is 7.46. The number of esters is 1. The number of nitrogens with zero attached hydrogens (tertiary/aromatic N) is 1. The zero-order chi connectivity index (χ0) is 15.8. The van der Waals surface area contributed by atoms with Crippen LogP contribution in [0.1, 0.15) is 38.1 Å². The second-order valence-corrected chi connectivity index (χ2v) is 5.19. The predicted molar refractivity (Wildman–Crippen MR) is 84.9 cm³/mol. The smallest absolute Gasteiger partial charge is 0.341 e. The largest absolute Gasteiger partial charge is 0.507 e. The lowest BCUT2D eigenvalue weighted by Crippen LogP contribution is -2.27. The third kappa shape index (κ3) is 5.63. The lowest BCUT2D eigenvalue weighted by molar-refractivity contribution is 0.0463. The maximum absolute atomic E-state index is 11.9. The number of anilines is 1. The van der Waals surface area contributed by atoms with Gasteiger partial charge in [-0.25, -0.2) is 4.79 Å². The molecule has 0 saturated heterocycles. The van der Waals surface area contributed by atoms with Crippen LogP contribution >= 0.6 is 0 Å². The van der Waals surface area contributed by atoms with E-state index in [2.05, 4.69) is 24.1 Å². The van der Waals surface area contributed by atoms with Crippen molar-refractivity contribution in [2.45, 2.75) is 33.7 Å². The third-order valence-electron chi connectivity index (χ3n) is 3.21. The Labute approximate surface area is 126 Å². The van der Waals surface area contributed by atoms with Crippen molar-refractivity contribution in [3.63, 3.8) is 0 Å². The lowest BCUT2D eigenvalue weighted by Gasteiger charge is -2.17. The zero-order valence-electron chi connectivity index (χ0n) is 13.3. The molecule has 21 heavy (non-hydrogen) atoms. The number of phenols is 1. The molecule has 0 spiro atoms. The molecule has 0 saturated carbocycles. The van der Waals surface area contributed by atoms with Crippen LogP contribution in [0, 0.1) is 0 Å². The summed E-state index contributed by atoms with van der Waals surface area (Å²) in [5, 5.41) is 13.1. The van der Waals surface area contributed by atoms with E-state index in [4.69, 9.17) is 4.74 Å². The molecule has 1 rings (SSSR count). The molecule has 0 amide bonds. The first kappa shape index (κ1) is 17.3. The van der Waals surface area contributed by atoms with E-state index in [9.17, 15) is 9.90 Å². The van der Waals surface area contributed by atoms with E-state index in [0.717, 1.165) is 18.8 Å². The van der Waals surface area contributed by atoms with Crippen molar-refractivity contribution in [3.8, 4) is 5.75 Å². The molecular weight excluding hydrogens is 268 g/mol. The molecule has 1 aromatic carbocycles. The van der Waals surface area contributed by atoms with Gasteiger partial charge >= 0.3 is 5.97 Å². The summed E-state index contributed by atoms with van der Waals surface area (Å²) >= 11 is 0. The van der Waals surface area contributed by atoms with Crippen molar-refractivity contribution in [2.75, 3.05) is 31.6 Å². The molecule has 118 valence electrons. The Bertz CT molecular complexity index is 457. The molecule has 0 heterocycles. The number of ether oxygens (including phenoxy) is 1. The van der Waals surface area contributed by atoms with Gasteiger partial charge in [0.2, 0.25) is 0 Å². The SMILES string of the molecule is CCN(CC)CCOC(=O)c1ccc(NC(C)C)cc1O. The standard InChI is InChI=1S/C16H26N2O3/c1-5-18(6-2)9-10-21-16(20)14-8-7-13(11-15(14)19)17-12(3)4/h7-8,11-12,17,19H,5-6,9-10H2,1-4H3. The number of carbonyl (C=O) groups excluding carboxylic acids is 1. The number of phenolic OH excluding ortho intramolecular Hbond substituents is 1.